The number of fused-ring (bicyclic) bond motifs is 2. The molecule has 2 unspecified atom stereocenters. The fourth-order valence-electron chi connectivity index (χ4n) is 5.99. The maximum absolute atomic E-state index is 13.7. The van der Waals surface area contributed by atoms with E-state index in [0.29, 0.717) is 34.2 Å². The first kappa shape index (κ1) is 34.7. The van der Waals surface area contributed by atoms with Crippen LogP contribution in [0.4, 0.5) is 10.7 Å². The lowest BCUT2D eigenvalue weighted by molar-refractivity contribution is -0.116. The van der Waals surface area contributed by atoms with E-state index in [-0.39, 0.29) is 11.6 Å². The van der Waals surface area contributed by atoms with E-state index in [1.54, 1.807) is 54.7 Å². The molecule has 50 heavy (non-hydrogen) atoms. The third-order valence-electron chi connectivity index (χ3n) is 8.62. The third-order valence-corrected chi connectivity index (χ3v) is 11.1. The monoisotopic (exact) mass is 706 g/mol. The Morgan fingerprint density at radius 3 is 2.58 bits per heavy atom. The highest BCUT2D eigenvalue weighted by atomic mass is 32.2. The standard InChI is InChI=1S/C39H38N4O5S2/c1-4-32(37(46)43-38-34(39(47)48-3)29-18-17-23(2)19-33(29)50-38)49-27-14-10-13-26(21-27)41-36(45)31(42-35(44)24-11-6-5-7-12-24)20-25-22-40-30-16-9-8-15-28(25)30/h5-16,20-23,32,40H,4,17-19H2,1-3H3,(H,41,45)(H,42,44)(H,43,46)/b31-20-. The van der Waals surface area contributed by atoms with Crippen LogP contribution in [-0.2, 0) is 27.2 Å². The Hall–Kier alpha value is -5.13. The van der Waals surface area contributed by atoms with Gasteiger partial charge in [0.1, 0.15) is 10.7 Å². The van der Waals surface area contributed by atoms with Gasteiger partial charge in [-0.05, 0) is 79.6 Å². The smallest absolute Gasteiger partial charge is 0.341 e. The van der Waals surface area contributed by atoms with Gasteiger partial charge in [0.15, 0.2) is 0 Å². The number of ether oxygens (including phenoxy) is 1. The number of nitrogens with one attached hydrogen (secondary N) is 4. The van der Waals surface area contributed by atoms with Crippen LogP contribution < -0.4 is 16.0 Å². The van der Waals surface area contributed by atoms with Crippen LogP contribution in [0.25, 0.3) is 17.0 Å². The normalized spacial score (nSPS) is 14.8. The molecule has 0 saturated carbocycles. The van der Waals surface area contributed by atoms with Gasteiger partial charge in [0.05, 0.1) is 17.9 Å². The maximum Gasteiger partial charge on any atom is 0.341 e. The molecule has 3 aromatic carbocycles. The summed E-state index contributed by atoms with van der Waals surface area (Å²) in [6.45, 7) is 4.13. The van der Waals surface area contributed by atoms with Crippen LogP contribution in [0.15, 0.2) is 95.7 Å². The van der Waals surface area contributed by atoms with Crippen molar-refractivity contribution in [2.75, 3.05) is 17.7 Å². The zero-order chi connectivity index (χ0) is 35.2. The van der Waals surface area contributed by atoms with Gasteiger partial charge in [0.25, 0.3) is 11.8 Å². The number of aromatic nitrogens is 1. The van der Waals surface area contributed by atoms with Crippen LogP contribution in [0, 0.1) is 5.92 Å². The predicted molar refractivity (Wildman–Crippen MR) is 201 cm³/mol. The number of esters is 1. The highest BCUT2D eigenvalue weighted by Gasteiger charge is 2.30. The number of rotatable bonds is 11. The largest absolute Gasteiger partial charge is 0.465 e. The van der Waals surface area contributed by atoms with E-state index in [4.69, 9.17) is 4.74 Å². The molecular weight excluding hydrogens is 669 g/mol. The Morgan fingerprint density at radius 2 is 1.80 bits per heavy atom. The molecule has 3 amide bonds. The average Bonchev–Trinajstić information content (AvgIpc) is 3.70. The van der Waals surface area contributed by atoms with Gasteiger partial charge in [-0.15, -0.1) is 23.1 Å². The lowest BCUT2D eigenvalue weighted by Gasteiger charge is -2.18. The van der Waals surface area contributed by atoms with Crippen molar-refractivity contribution in [1.82, 2.24) is 10.3 Å². The van der Waals surface area contributed by atoms with Crippen LogP contribution in [0.5, 0.6) is 0 Å². The highest BCUT2D eigenvalue weighted by molar-refractivity contribution is 8.00. The molecule has 6 rings (SSSR count). The Balaban J connectivity index is 1.20. The summed E-state index contributed by atoms with van der Waals surface area (Å²) in [5.41, 5.74) is 4.09. The number of methoxy groups -OCH3 is 1. The van der Waals surface area contributed by atoms with Gasteiger partial charge in [-0.25, -0.2) is 4.79 Å². The summed E-state index contributed by atoms with van der Waals surface area (Å²) >= 11 is 2.83. The summed E-state index contributed by atoms with van der Waals surface area (Å²) in [6, 6.07) is 23.6. The molecule has 5 aromatic rings. The fourth-order valence-corrected chi connectivity index (χ4v) is 8.41. The molecule has 0 bridgehead atoms. The summed E-state index contributed by atoms with van der Waals surface area (Å²) in [7, 11) is 1.36. The van der Waals surface area contributed by atoms with Crippen LogP contribution in [0.2, 0.25) is 0 Å². The third kappa shape index (κ3) is 7.85. The summed E-state index contributed by atoms with van der Waals surface area (Å²) in [5.74, 6) is -1.05. The highest BCUT2D eigenvalue weighted by Crippen LogP contribution is 2.40. The lowest BCUT2D eigenvalue weighted by Crippen LogP contribution is -2.30. The van der Waals surface area contributed by atoms with E-state index in [0.717, 1.165) is 51.1 Å². The van der Waals surface area contributed by atoms with Crippen molar-refractivity contribution >= 4 is 74.5 Å². The number of benzene rings is 3. The van der Waals surface area contributed by atoms with E-state index < -0.39 is 23.0 Å². The van der Waals surface area contributed by atoms with Gasteiger partial charge >= 0.3 is 5.97 Å². The molecule has 2 aromatic heterocycles. The molecule has 256 valence electrons. The number of amides is 3. The van der Waals surface area contributed by atoms with E-state index in [9.17, 15) is 19.2 Å². The molecule has 1 aliphatic carbocycles. The molecule has 2 atom stereocenters. The Labute approximate surface area is 298 Å². The molecule has 0 fully saturated rings. The SMILES string of the molecule is CCC(Sc1cccc(NC(=O)/C(=C/c2c[nH]c3ccccc23)NC(=O)c2ccccc2)c1)C(=O)Nc1sc2c(c1C(=O)OC)CCC(C)C2. The lowest BCUT2D eigenvalue weighted by atomic mass is 9.88. The van der Waals surface area contributed by atoms with E-state index in [1.165, 1.54) is 30.2 Å². The van der Waals surface area contributed by atoms with Crippen LogP contribution in [0.3, 0.4) is 0 Å². The van der Waals surface area contributed by atoms with Crippen LogP contribution >= 0.6 is 23.1 Å². The molecule has 9 nitrogen and oxygen atoms in total. The summed E-state index contributed by atoms with van der Waals surface area (Å²) in [5, 5.41) is 9.73. The van der Waals surface area contributed by atoms with Crippen LogP contribution in [-0.4, -0.2) is 41.0 Å². The molecule has 0 saturated heterocycles. The molecule has 2 heterocycles. The number of aromatic amines is 1. The first-order valence-corrected chi connectivity index (χ1v) is 18.2. The van der Waals surface area contributed by atoms with Crippen molar-refractivity contribution in [3.63, 3.8) is 0 Å². The zero-order valence-electron chi connectivity index (χ0n) is 28.0. The summed E-state index contributed by atoms with van der Waals surface area (Å²) < 4.78 is 5.09. The minimum atomic E-state index is -0.502. The average molecular weight is 707 g/mol. The Bertz CT molecular complexity index is 2080. The quantitative estimate of drug-likeness (QED) is 0.0625. The number of thiophene rings is 1. The minimum absolute atomic E-state index is 0.0712. The topological polar surface area (TPSA) is 129 Å². The van der Waals surface area contributed by atoms with Crippen LogP contribution in [0.1, 0.15) is 63.4 Å². The zero-order valence-corrected chi connectivity index (χ0v) is 29.6. The van der Waals surface area contributed by atoms with Crippen molar-refractivity contribution in [3.8, 4) is 0 Å². The number of carbonyl (C=O) groups is 4. The van der Waals surface area contributed by atoms with Crippen molar-refractivity contribution in [2.45, 2.75) is 49.7 Å². The van der Waals surface area contributed by atoms with E-state index >= 15 is 0 Å². The number of anilines is 2. The number of H-pyrrole nitrogens is 1. The molecule has 1 aliphatic rings. The minimum Gasteiger partial charge on any atom is -0.465 e. The maximum atomic E-state index is 13.7. The van der Waals surface area contributed by atoms with Gasteiger partial charge < -0.3 is 25.7 Å². The Morgan fingerprint density at radius 1 is 1.02 bits per heavy atom. The molecule has 0 radical (unpaired) electrons. The Kier molecular flexibility index (Phi) is 10.8. The number of hydrogen-bond acceptors (Lipinski definition) is 7. The van der Waals surface area contributed by atoms with E-state index in [1.807, 2.05) is 43.3 Å². The van der Waals surface area contributed by atoms with Crippen molar-refractivity contribution in [3.05, 3.63) is 118 Å². The molecule has 4 N–H and O–H groups in total. The second kappa shape index (κ2) is 15.6. The van der Waals surface area contributed by atoms with Crippen molar-refractivity contribution in [1.29, 1.82) is 0 Å². The van der Waals surface area contributed by atoms with Crippen molar-refractivity contribution < 1.29 is 23.9 Å². The van der Waals surface area contributed by atoms with Gasteiger partial charge in [-0.1, -0.05) is 56.3 Å². The first-order chi connectivity index (χ1) is 24.2. The van der Waals surface area contributed by atoms with Gasteiger partial charge in [-0.3, -0.25) is 14.4 Å². The molecule has 0 spiro atoms. The number of carbonyl (C=O) groups excluding carboxylic acids is 4. The van der Waals surface area contributed by atoms with Gasteiger partial charge in [-0.2, -0.15) is 0 Å². The number of hydrogen-bond donors (Lipinski definition) is 4. The van der Waals surface area contributed by atoms with Gasteiger partial charge in [0.2, 0.25) is 5.91 Å². The van der Waals surface area contributed by atoms with Gasteiger partial charge in [0, 0.05) is 43.7 Å². The predicted octanol–water partition coefficient (Wildman–Crippen LogP) is 8.06. The fraction of sp³-hybridized carbons (Fsp3) is 0.231. The second-order valence-corrected chi connectivity index (χ2v) is 14.6. The molecule has 11 heteroatoms. The molecular formula is C39H38N4O5S2. The first-order valence-electron chi connectivity index (χ1n) is 16.5. The van der Waals surface area contributed by atoms with E-state index in [2.05, 4.69) is 27.9 Å². The second-order valence-electron chi connectivity index (χ2n) is 12.2. The molecule has 0 aliphatic heterocycles. The van der Waals surface area contributed by atoms with Crippen molar-refractivity contribution in [2.24, 2.45) is 5.92 Å². The number of para-hydroxylation sites is 1. The summed E-state index contributed by atoms with van der Waals surface area (Å²) in [6.07, 6.45) is 6.62. The number of thioether (sulfide) groups is 1. The summed E-state index contributed by atoms with van der Waals surface area (Å²) in [4.78, 5) is 58.4.